The number of ether oxygens (including phenoxy) is 1. The smallest absolute Gasteiger partial charge is 0.193 e. The van der Waals surface area contributed by atoms with Crippen LogP contribution in [0.15, 0.2) is 22.5 Å². The van der Waals surface area contributed by atoms with Gasteiger partial charge in [0.2, 0.25) is 0 Å². The number of thioether (sulfide) groups is 1. The predicted octanol–water partition coefficient (Wildman–Crippen LogP) is 2.43. The van der Waals surface area contributed by atoms with Crippen molar-refractivity contribution in [3.05, 3.63) is 23.8 Å². The Morgan fingerprint density at radius 3 is 2.87 bits per heavy atom. The monoisotopic (exact) mass is 446 g/mol. The molecule has 0 amide bonds. The molecule has 2 aromatic heterocycles. The van der Waals surface area contributed by atoms with E-state index >= 15 is 0 Å². The Morgan fingerprint density at radius 1 is 1.32 bits per heavy atom. The summed E-state index contributed by atoms with van der Waals surface area (Å²) in [5.74, 6) is 2.05. The zero-order chi connectivity index (χ0) is 21.6. The van der Waals surface area contributed by atoms with Crippen LogP contribution in [0.3, 0.4) is 0 Å². The summed E-state index contributed by atoms with van der Waals surface area (Å²) in [4.78, 5) is 6.78. The Balaban J connectivity index is 1.29. The van der Waals surface area contributed by atoms with Crippen molar-refractivity contribution >= 4 is 17.7 Å². The van der Waals surface area contributed by atoms with E-state index in [4.69, 9.17) is 4.74 Å². The fraction of sp³-hybridized carbons (Fsp3) is 0.714. The molecule has 4 rings (SSSR count). The number of morpholine rings is 1. The first-order valence-corrected chi connectivity index (χ1v) is 12.5. The molecule has 2 fully saturated rings. The van der Waals surface area contributed by atoms with Crippen LogP contribution in [0.4, 0.5) is 0 Å². The van der Waals surface area contributed by atoms with Crippen molar-refractivity contribution < 1.29 is 4.74 Å². The fourth-order valence-corrected chi connectivity index (χ4v) is 5.15. The Bertz CT molecular complexity index is 873. The molecule has 170 valence electrons. The number of aryl methyl sites for hydroxylation is 2. The maximum absolute atomic E-state index is 5.96. The van der Waals surface area contributed by atoms with Crippen LogP contribution < -0.4 is 5.32 Å². The lowest BCUT2D eigenvalue weighted by Crippen LogP contribution is -2.48. The molecule has 1 aliphatic carbocycles. The average molecular weight is 447 g/mol. The standard InChI is InChI=1S/C21H34N8OS/c1-22-20(28-11-12-30-18(15-28)16-13-24-27(2)14-16)23-10-6-9-19-25-26-21(31-3)29(19)17-7-4-5-8-17/h13-14,17-18H,4-12,15H2,1-3H3,(H,22,23). The van der Waals surface area contributed by atoms with E-state index in [0.717, 1.165) is 55.0 Å². The van der Waals surface area contributed by atoms with Crippen LogP contribution in [-0.4, -0.2) is 74.9 Å². The zero-order valence-electron chi connectivity index (χ0n) is 18.8. The molecule has 10 heteroatoms. The third kappa shape index (κ3) is 5.23. The van der Waals surface area contributed by atoms with Crippen molar-refractivity contribution in [3.63, 3.8) is 0 Å². The number of aromatic nitrogens is 5. The number of guanidine groups is 1. The molecule has 0 radical (unpaired) electrons. The summed E-state index contributed by atoms with van der Waals surface area (Å²) in [6.45, 7) is 3.15. The van der Waals surface area contributed by atoms with E-state index < -0.39 is 0 Å². The molecular weight excluding hydrogens is 412 g/mol. The lowest BCUT2D eigenvalue weighted by Gasteiger charge is -2.34. The highest BCUT2D eigenvalue weighted by Gasteiger charge is 2.26. The van der Waals surface area contributed by atoms with Crippen molar-refractivity contribution in [2.75, 3.05) is 39.5 Å². The number of aliphatic imine (C=N–C) groups is 1. The van der Waals surface area contributed by atoms with Crippen molar-refractivity contribution in [3.8, 4) is 0 Å². The second kappa shape index (κ2) is 10.5. The van der Waals surface area contributed by atoms with E-state index in [1.54, 1.807) is 11.8 Å². The number of nitrogens with zero attached hydrogens (tertiary/aromatic N) is 7. The van der Waals surface area contributed by atoms with Crippen molar-refractivity contribution in [1.82, 2.24) is 34.8 Å². The molecule has 1 N–H and O–H groups in total. The highest BCUT2D eigenvalue weighted by Crippen LogP contribution is 2.33. The number of rotatable bonds is 7. The van der Waals surface area contributed by atoms with Gasteiger partial charge in [-0.15, -0.1) is 10.2 Å². The summed E-state index contributed by atoms with van der Waals surface area (Å²) < 4.78 is 10.2. The number of hydrogen-bond donors (Lipinski definition) is 1. The second-order valence-corrected chi connectivity index (χ2v) is 9.01. The van der Waals surface area contributed by atoms with Gasteiger partial charge in [0.05, 0.1) is 19.3 Å². The van der Waals surface area contributed by atoms with Gasteiger partial charge in [-0.25, -0.2) is 0 Å². The molecule has 1 saturated carbocycles. The van der Waals surface area contributed by atoms with E-state index in [9.17, 15) is 0 Å². The average Bonchev–Trinajstić information content (AvgIpc) is 3.54. The molecule has 31 heavy (non-hydrogen) atoms. The Morgan fingerprint density at radius 2 is 2.16 bits per heavy atom. The Labute approximate surface area is 188 Å². The van der Waals surface area contributed by atoms with Gasteiger partial charge in [-0.2, -0.15) is 5.10 Å². The Kier molecular flexibility index (Phi) is 7.49. The molecular formula is C21H34N8OS. The molecule has 3 heterocycles. The first-order chi connectivity index (χ1) is 15.2. The van der Waals surface area contributed by atoms with Crippen LogP contribution in [0, 0.1) is 0 Å². The molecule has 2 aliphatic rings. The maximum atomic E-state index is 5.96. The molecule has 1 unspecified atom stereocenters. The lowest BCUT2D eigenvalue weighted by atomic mass is 10.1. The van der Waals surface area contributed by atoms with Crippen molar-refractivity contribution in [2.45, 2.75) is 55.8 Å². The zero-order valence-corrected chi connectivity index (χ0v) is 19.6. The molecule has 1 atom stereocenters. The van der Waals surface area contributed by atoms with Crippen LogP contribution in [0.25, 0.3) is 0 Å². The van der Waals surface area contributed by atoms with Crippen LogP contribution in [0.2, 0.25) is 0 Å². The summed E-state index contributed by atoms with van der Waals surface area (Å²) in [5.41, 5.74) is 1.11. The minimum Gasteiger partial charge on any atom is -0.370 e. The first-order valence-electron chi connectivity index (χ1n) is 11.2. The third-order valence-corrected chi connectivity index (χ3v) is 6.79. The van der Waals surface area contributed by atoms with Gasteiger partial charge in [0.15, 0.2) is 11.1 Å². The second-order valence-electron chi connectivity index (χ2n) is 8.24. The summed E-state index contributed by atoms with van der Waals surface area (Å²) in [6.07, 6.45) is 13.1. The lowest BCUT2D eigenvalue weighted by molar-refractivity contribution is -0.00801. The van der Waals surface area contributed by atoms with Crippen LogP contribution >= 0.6 is 11.8 Å². The van der Waals surface area contributed by atoms with Gasteiger partial charge in [-0.05, 0) is 25.5 Å². The molecule has 0 spiro atoms. The van der Waals surface area contributed by atoms with Gasteiger partial charge in [0.25, 0.3) is 0 Å². The summed E-state index contributed by atoms with van der Waals surface area (Å²) >= 11 is 1.70. The van der Waals surface area contributed by atoms with Gasteiger partial charge in [0, 0.05) is 51.4 Å². The summed E-state index contributed by atoms with van der Waals surface area (Å²) in [5, 5.41) is 17.8. The van der Waals surface area contributed by atoms with Gasteiger partial charge >= 0.3 is 0 Å². The SMILES string of the molecule is CN=C(NCCCc1nnc(SC)n1C1CCCC1)N1CCOC(c2cnn(C)c2)C1. The van der Waals surface area contributed by atoms with E-state index in [2.05, 4.69) is 41.3 Å². The first kappa shape index (κ1) is 22.1. The molecule has 0 aromatic carbocycles. The normalized spacial score (nSPS) is 20.5. The van der Waals surface area contributed by atoms with Gasteiger partial charge in [0.1, 0.15) is 11.9 Å². The molecule has 1 saturated heterocycles. The van der Waals surface area contributed by atoms with E-state index in [0.29, 0.717) is 12.6 Å². The minimum absolute atomic E-state index is 0.0240. The minimum atomic E-state index is 0.0240. The predicted molar refractivity (Wildman–Crippen MR) is 122 cm³/mol. The van der Waals surface area contributed by atoms with Crippen LogP contribution in [-0.2, 0) is 18.2 Å². The fourth-order valence-electron chi connectivity index (χ4n) is 4.57. The number of hydrogen-bond acceptors (Lipinski definition) is 6. The quantitative estimate of drug-likeness (QED) is 0.303. The van der Waals surface area contributed by atoms with E-state index in [1.807, 2.05) is 31.2 Å². The topological polar surface area (TPSA) is 85.4 Å². The molecule has 9 nitrogen and oxygen atoms in total. The third-order valence-electron chi connectivity index (χ3n) is 6.14. The molecule has 2 aromatic rings. The summed E-state index contributed by atoms with van der Waals surface area (Å²) in [7, 11) is 3.78. The van der Waals surface area contributed by atoms with E-state index in [-0.39, 0.29) is 6.10 Å². The highest BCUT2D eigenvalue weighted by atomic mass is 32.2. The highest BCUT2D eigenvalue weighted by molar-refractivity contribution is 7.98. The van der Waals surface area contributed by atoms with E-state index in [1.165, 1.54) is 25.7 Å². The maximum Gasteiger partial charge on any atom is 0.193 e. The van der Waals surface area contributed by atoms with Gasteiger partial charge in [-0.1, -0.05) is 24.6 Å². The van der Waals surface area contributed by atoms with Crippen molar-refractivity contribution in [1.29, 1.82) is 0 Å². The summed E-state index contributed by atoms with van der Waals surface area (Å²) in [6, 6.07) is 0.575. The van der Waals surface area contributed by atoms with Gasteiger partial charge in [-0.3, -0.25) is 9.67 Å². The van der Waals surface area contributed by atoms with Crippen LogP contribution in [0.1, 0.15) is 55.6 Å². The molecule has 0 bridgehead atoms. The van der Waals surface area contributed by atoms with Crippen LogP contribution in [0.5, 0.6) is 0 Å². The Hall–Kier alpha value is -2.07. The molecule has 1 aliphatic heterocycles. The van der Waals surface area contributed by atoms with Crippen molar-refractivity contribution in [2.24, 2.45) is 12.0 Å². The largest absolute Gasteiger partial charge is 0.370 e. The number of nitrogens with one attached hydrogen (secondary N) is 1. The van der Waals surface area contributed by atoms with Gasteiger partial charge < -0.3 is 19.5 Å².